The van der Waals surface area contributed by atoms with Gasteiger partial charge >= 0.3 is 0 Å². The van der Waals surface area contributed by atoms with Gasteiger partial charge in [0.15, 0.2) is 0 Å². The van der Waals surface area contributed by atoms with Crippen molar-refractivity contribution in [2.45, 2.75) is 12.6 Å². The molecule has 5 heteroatoms. The lowest BCUT2D eigenvalue weighted by Gasteiger charge is -2.29. The molecule has 0 aliphatic rings. The molecular formula is C21H19FN2O2. The molecule has 0 aromatic heterocycles. The van der Waals surface area contributed by atoms with E-state index in [-0.39, 0.29) is 17.5 Å². The van der Waals surface area contributed by atoms with Crippen molar-refractivity contribution in [2.24, 2.45) is 0 Å². The predicted molar refractivity (Wildman–Crippen MR) is 99.2 cm³/mol. The Morgan fingerprint density at radius 3 is 2.08 bits per heavy atom. The van der Waals surface area contributed by atoms with Crippen LogP contribution < -0.4 is 0 Å². The molecule has 1 atom stereocenters. The van der Waals surface area contributed by atoms with E-state index in [9.17, 15) is 14.5 Å². The smallest absolute Gasteiger partial charge is 0.269 e. The molecule has 0 amide bonds. The minimum absolute atomic E-state index is 0.0491. The Morgan fingerprint density at radius 2 is 1.50 bits per heavy atom. The van der Waals surface area contributed by atoms with Crippen LogP contribution in [-0.4, -0.2) is 16.9 Å². The number of halogens is 1. The van der Waals surface area contributed by atoms with Crippen molar-refractivity contribution in [1.29, 1.82) is 0 Å². The number of hydrogen-bond acceptors (Lipinski definition) is 3. The van der Waals surface area contributed by atoms with Crippen molar-refractivity contribution in [3.05, 3.63) is 111 Å². The van der Waals surface area contributed by atoms with Crippen LogP contribution in [0, 0.1) is 15.9 Å². The summed E-state index contributed by atoms with van der Waals surface area (Å²) in [5.74, 6) is -0.265. The zero-order valence-corrected chi connectivity index (χ0v) is 14.4. The lowest BCUT2D eigenvalue weighted by atomic mass is 9.97. The number of nitrogens with zero attached hydrogens (tertiary/aromatic N) is 2. The quantitative estimate of drug-likeness (QED) is 0.466. The van der Waals surface area contributed by atoms with Gasteiger partial charge in [-0.2, -0.15) is 0 Å². The summed E-state index contributed by atoms with van der Waals surface area (Å²) in [6.07, 6.45) is 0. The van der Waals surface area contributed by atoms with Crippen molar-refractivity contribution >= 4 is 5.69 Å². The minimum Gasteiger partial charge on any atom is -0.291 e. The number of non-ortho nitro benzene ring substituents is 1. The summed E-state index contributed by atoms with van der Waals surface area (Å²) in [6.45, 7) is 0.606. The normalized spacial score (nSPS) is 12.1. The van der Waals surface area contributed by atoms with Gasteiger partial charge in [0.2, 0.25) is 0 Å². The zero-order valence-electron chi connectivity index (χ0n) is 14.4. The molecule has 0 unspecified atom stereocenters. The first kappa shape index (κ1) is 17.8. The number of benzene rings is 3. The number of nitro groups is 1. The van der Waals surface area contributed by atoms with Gasteiger partial charge in [-0.05, 0) is 35.9 Å². The lowest BCUT2D eigenvalue weighted by molar-refractivity contribution is -0.384. The summed E-state index contributed by atoms with van der Waals surface area (Å²) in [5.41, 5.74) is 3.14. The summed E-state index contributed by atoms with van der Waals surface area (Å²) in [4.78, 5) is 12.5. The van der Waals surface area contributed by atoms with Crippen molar-refractivity contribution in [1.82, 2.24) is 4.90 Å². The first-order valence-corrected chi connectivity index (χ1v) is 8.28. The molecule has 3 aromatic rings. The van der Waals surface area contributed by atoms with E-state index in [4.69, 9.17) is 0 Å². The SMILES string of the molecule is CN(Cc1ccc([N+](=O)[O-])cc1)[C@@H](c1ccccc1)c1ccc(F)cc1. The fraction of sp³-hybridized carbons (Fsp3) is 0.143. The highest BCUT2D eigenvalue weighted by Gasteiger charge is 2.19. The maximum atomic E-state index is 13.3. The van der Waals surface area contributed by atoms with Crippen molar-refractivity contribution in [3.8, 4) is 0 Å². The van der Waals surface area contributed by atoms with Crippen LogP contribution in [0.4, 0.5) is 10.1 Å². The fourth-order valence-corrected chi connectivity index (χ4v) is 3.08. The molecule has 0 heterocycles. The molecule has 0 N–H and O–H groups in total. The molecule has 0 aliphatic heterocycles. The van der Waals surface area contributed by atoms with Crippen LogP contribution in [0.15, 0.2) is 78.9 Å². The average Bonchev–Trinajstić information content (AvgIpc) is 2.65. The molecule has 0 saturated heterocycles. The van der Waals surface area contributed by atoms with E-state index < -0.39 is 4.92 Å². The number of nitro benzene ring substituents is 1. The van der Waals surface area contributed by atoms with Gasteiger partial charge in [-0.3, -0.25) is 15.0 Å². The third-order valence-electron chi connectivity index (χ3n) is 4.32. The monoisotopic (exact) mass is 350 g/mol. The maximum Gasteiger partial charge on any atom is 0.269 e. The predicted octanol–water partition coefficient (Wildman–Crippen LogP) is 4.96. The Balaban J connectivity index is 1.88. The van der Waals surface area contributed by atoms with E-state index in [0.29, 0.717) is 6.54 Å². The zero-order chi connectivity index (χ0) is 18.5. The summed E-state index contributed by atoms with van der Waals surface area (Å²) < 4.78 is 13.3. The second-order valence-electron chi connectivity index (χ2n) is 6.20. The van der Waals surface area contributed by atoms with E-state index in [1.807, 2.05) is 37.4 Å². The molecular weight excluding hydrogens is 331 g/mol. The Bertz CT molecular complexity index is 865. The highest BCUT2D eigenvalue weighted by molar-refractivity contribution is 5.34. The van der Waals surface area contributed by atoms with E-state index in [2.05, 4.69) is 4.90 Å². The van der Waals surface area contributed by atoms with Crippen LogP contribution in [0.1, 0.15) is 22.7 Å². The summed E-state index contributed by atoms with van der Waals surface area (Å²) in [6, 6.07) is 23.0. The lowest BCUT2D eigenvalue weighted by Crippen LogP contribution is -2.25. The second-order valence-corrected chi connectivity index (χ2v) is 6.20. The molecule has 0 saturated carbocycles. The summed E-state index contributed by atoms with van der Waals surface area (Å²) >= 11 is 0. The largest absolute Gasteiger partial charge is 0.291 e. The van der Waals surface area contributed by atoms with Gasteiger partial charge in [0.25, 0.3) is 5.69 Å². The number of hydrogen-bond donors (Lipinski definition) is 0. The van der Waals surface area contributed by atoms with Crippen LogP contribution >= 0.6 is 0 Å². The van der Waals surface area contributed by atoms with Gasteiger partial charge < -0.3 is 0 Å². The van der Waals surface area contributed by atoms with Gasteiger partial charge in [0, 0.05) is 18.7 Å². The Kier molecular flexibility index (Phi) is 5.39. The van der Waals surface area contributed by atoms with Crippen LogP contribution in [0.25, 0.3) is 0 Å². The molecule has 0 bridgehead atoms. The van der Waals surface area contributed by atoms with E-state index in [1.165, 1.54) is 24.3 Å². The molecule has 132 valence electrons. The Hall–Kier alpha value is -3.05. The van der Waals surface area contributed by atoms with Crippen molar-refractivity contribution in [2.75, 3.05) is 7.05 Å². The Labute approximate surface area is 151 Å². The topological polar surface area (TPSA) is 46.4 Å². The number of rotatable bonds is 6. The molecule has 0 aliphatic carbocycles. The van der Waals surface area contributed by atoms with Crippen LogP contribution in [-0.2, 0) is 6.54 Å². The fourth-order valence-electron chi connectivity index (χ4n) is 3.08. The molecule has 0 radical (unpaired) electrons. The highest BCUT2D eigenvalue weighted by atomic mass is 19.1. The van der Waals surface area contributed by atoms with E-state index in [1.54, 1.807) is 24.3 Å². The van der Waals surface area contributed by atoms with E-state index >= 15 is 0 Å². The van der Waals surface area contributed by atoms with Crippen LogP contribution in [0.3, 0.4) is 0 Å². The standard InChI is InChI=1S/C21H19FN2O2/c1-23(15-16-7-13-20(14-8-16)24(25)26)21(17-5-3-2-4-6-17)18-9-11-19(22)12-10-18/h2-14,21H,15H2,1H3/t21-/m0/s1. The molecule has 26 heavy (non-hydrogen) atoms. The molecule has 3 aromatic carbocycles. The second kappa shape index (κ2) is 7.89. The summed E-state index contributed by atoms with van der Waals surface area (Å²) in [5, 5.41) is 10.8. The van der Waals surface area contributed by atoms with Crippen LogP contribution in [0.5, 0.6) is 0 Å². The first-order chi connectivity index (χ1) is 12.5. The molecule has 0 spiro atoms. The first-order valence-electron chi connectivity index (χ1n) is 8.28. The minimum atomic E-state index is -0.404. The van der Waals surface area contributed by atoms with E-state index in [0.717, 1.165) is 16.7 Å². The highest BCUT2D eigenvalue weighted by Crippen LogP contribution is 2.29. The Morgan fingerprint density at radius 1 is 0.923 bits per heavy atom. The third kappa shape index (κ3) is 4.13. The van der Waals surface area contributed by atoms with Crippen molar-refractivity contribution in [3.63, 3.8) is 0 Å². The van der Waals surface area contributed by atoms with Crippen molar-refractivity contribution < 1.29 is 9.31 Å². The van der Waals surface area contributed by atoms with Gasteiger partial charge in [-0.1, -0.05) is 54.6 Å². The molecule has 3 rings (SSSR count). The van der Waals surface area contributed by atoms with Gasteiger partial charge in [-0.25, -0.2) is 4.39 Å². The van der Waals surface area contributed by atoms with Crippen LogP contribution in [0.2, 0.25) is 0 Å². The van der Waals surface area contributed by atoms with Gasteiger partial charge in [0.1, 0.15) is 5.82 Å². The van der Waals surface area contributed by atoms with Gasteiger partial charge in [-0.15, -0.1) is 0 Å². The molecule has 0 fully saturated rings. The summed E-state index contributed by atoms with van der Waals surface area (Å²) in [7, 11) is 1.99. The van der Waals surface area contributed by atoms with Gasteiger partial charge in [0.05, 0.1) is 11.0 Å². The average molecular weight is 350 g/mol. The molecule has 4 nitrogen and oxygen atoms in total. The maximum absolute atomic E-state index is 13.3. The third-order valence-corrected chi connectivity index (χ3v) is 4.32.